The maximum atomic E-state index is 8.67. The first-order chi connectivity index (χ1) is 5.66. The van der Waals surface area contributed by atoms with Gasteiger partial charge in [-0.2, -0.15) is 4.21 Å². The van der Waals surface area contributed by atoms with Crippen molar-refractivity contribution in [2.75, 3.05) is 12.4 Å². The summed E-state index contributed by atoms with van der Waals surface area (Å²) in [6.45, 7) is 0. The summed E-state index contributed by atoms with van der Waals surface area (Å²) in [6.07, 6.45) is 0. The van der Waals surface area contributed by atoms with Crippen molar-refractivity contribution in [2.45, 2.75) is 0 Å². The minimum absolute atomic E-state index is 0. The Balaban J connectivity index is -0.0000000779. The molecule has 4 nitrogen and oxygen atoms in total. The van der Waals surface area contributed by atoms with Crippen molar-refractivity contribution in [1.29, 1.82) is 0 Å². The van der Waals surface area contributed by atoms with Gasteiger partial charge in [0.15, 0.2) is 0 Å². The molecule has 0 radical (unpaired) electrons. The quantitative estimate of drug-likeness (QED) is 0.439. The molecule has 0 aliphatic rings. The summed E-state index contributed by atoms with van der Waals surface area (Å²) in [5, 5.41) is 3.03. The molecule has 1 aromatic rings. The van der Waals surface area contributed by atoms with E-state index in [0.717, 1.165) is 5.69 Å². The van der Waals surface area contributed by atoms with Crippen molar-refractivity contribution in [3.63, 3.8) is 0 Å². The molecule has 0 spiro atoms. The molecule has 1 aromatic carbocycles. The standard InChI is InChI=1S/C7H9N.ClH.Na.H2O3S.H/c1-8-7-5-3-2-4-6-7;;;1-4(2)3;/h2-6,8H,1H3;1H;;(H2,1,2,3);/q;;+1;;-1. The molecule has 0 aliphatic carbocycles. The Morgan fingerprint density at radius 3 is 1.86 bits per heavy atom. The number of benzene rings is 1. The van der Waals surface area contributed by atoms with Gasteiger partial charge in [0, 0.05) is 12.7 Å². The topological polar surface area (TPSA) is 69.6 Å². The summed E-state index contributed by atoms with van der Waals surface area (Å²) in [5.74, 6) is 0. The maximum Gasteiger partial charge on any atom is 1.00 e. The van der Waals surface area contributed by atoms with Crippen molar-refractivity contribution >= 4 is 29.5 Å². The van der Waals surface area contributed by atoms with E-state index in [0.29, 0.717) is 0 Å². The SMILES string of the molecule is CNc1ccccc1.Cl.O=S(O)O.[H-].[Na+]. The third kappa shape index (κ3) is 14.9. The Hall–Kier alpha value is 0.380. The second-order valence-electron chi connectivity index (χ2n) is 1.85. The van der Waals surface area contributed by atoms with E-state index in [-0.39, 0.29) is 43.4 Å². The first-order valence-corrected chi connectivity index (χ1v) is 4.26. The molecule has 7 heteroatoms. The van der Waals surface area contributed by atoms with Gasteiger partial charge in [0.2, 0.25) is 0 Å². The molecule has 14 heavy (non-hydrogen) atoms. The molecule has 78 valence electrons. The molecule has 0 bridgehead atoms. The Morgan fingerprint density at radius 1 is 1.29 bits per heavy atom. The van der Waals surface area contributed by atoms with Gasteiger partial charge < -0.3 is 6.74 Å². The molecular formula is C7H13ClNNaO3S. The maximum absolute atomic E-state index is 8.67. The molecule has 3 N–H and O–H groups in total. The van der Waals surface area contributed by atoms with Crippen LogP contribution in [0.25, 0.3) is 0 Å². The normalized spacial score (nSPS) is 7.43. The van der Waals surface area contributed by atoms with Crippen LogP contribution < -0.4 is 34.9 Å². The third-order valence-corrected chi connectivity index (χ3v) is 1.06. The fourth-order valence-electron chi connectivity index (χ4n) is 0.605. The van der Waals surface area contributed by atoms with E-state index in [1.807, 2.05) is 37.4 Å². The Kier molecular flexibility index (Phi) is 19.0. The average molecular weight is 250 g/mol. The van der Waals surface area contributed by atoms with Crippen molar-refractivity contribution < 1.29 is 44.3 Å². The molecule has 0 amide bonds. The Morgan fingerprint density at radius 2 is 1.64 bits per heavy atom. The van der Waals surface area contributed by atoms with Crippen LogP contribution in [0.2, 0.25) is 0 Å². The van der Waals surface area contributed by atoms with E-state index >= 15 is 0 Å². The summed E-state index contributed by atoms with van der Waals surface area (Å²) < 4.78 is 22.8. The fourth-order valence-corrected chi connectivity index (χ4v) is 0.605. The number of halogens is 1. The predicted molar refractivity (Wildman–Crippen MR) is 57.7 cm³/mol. The summed E-state index contributed by atoms with van der Waals surface area (Å²) in [7, 11) is 1.91. The van der Waals surface area contributed by atoms with Crippen molar-refractivity contribution in [3.8, 4) is 0 Å². The number of nitrogens with one attached hydrogen (secondary N) is 1. The zero-order valence-corrected chi connectivity index (χ0v) is 11.6. The number of rotatable bonds is 1. The number of para-hydroxylation sites is 1. The van der Waals surface area contributed by atoms with Crippen LogP contribution in [0.5, 0.6) is 0 Å². The van der Waals surface area contributed by atoms with Gasteiger partial charge in [-0.15, -0.1) is 12.4 Å². The zero-order chi connectivity index (χ0) is 9.40. The number of hydrogen-bond donors (Lipinski definition) is 3. The fraction of sp³-hybridized carbons (Fsp3) is 0.143. The van der Waals surface area contributed by atoms with Crippen LogP contribution in [0.4, 0.5) is 5.69 Å². The number of anilines is 1. The molecule has 0 saturated heterocycles. The van der Waals surface area contributed by atoms with E-state index in [9.17, 15) is 0 Å². The van der Waals surface area contributed by atoms with E-state index in [1.165, 1.54) is 0 Å². The van der Waals surface area contributed by atoms with Crippen LogP contribution in [-0.2, 0) is 11.4 Å². The van der Waals surface area contributed by atoms with Crippen LogP contribution in [0.15, 0.2) is 30.3 Å². The Labute approximate surface area is 116 Å². The van der Waals surface area contributed by atoms with Gasteiger partial charge in [0.05, 0.1) is 0 Å². The van der Waals surface area contributed by atoms with Gasteiger partial charge in [0.25, 0.3) is 11.4 Å². The molecule has 0 saturated carbocycles. The zero-order valence-electron chi connectivity index (χ0n) is 9.01. The summed E-state index contributed by atoms with van der Waals surface area (Å²) >= 11 is -2.61. The minimum Gasteiger partial charge on any atom is -1.00 e. The molecule has 0 atom stereocenters. The third-order valence-electron chi connectivity index (χ3n) is 1.06. The van der Waals surface area contributed by atoms with Crippen molar-refractivity contribution in [1.82, 2.24) is 0 Å². The van der Waals surface area contributed by atoms with Gasteiger partial charge in [-0.1, -0.05) is 18.2 Å². The molecule has 0 heterocycles. The molecule has 0 aromatic heterocycles. The van der Waals surface area contributed by atoms with Crippen LogP contribution in [0.1, 0.15) is 1.43 Å². The van der Waals surface area contributed by atoms with Gasteiger partial charge in [-0.3, -0.25) is 9.11 Å². The monoisotopic (exact) mass is 249 g/mol. The van der Waals surface area contributed by atoms with Gasteiger partial charge in [0.1, 0.15) is 0 Å². The van der Waals surface area contributed by atoms with Gasteiger partial charge >= 0.3 is 29.6 Å². The average Bonchev–Trinajstić information content (AvgIpc) is 2.05. The smallest absolute Gasteiger partial charge is 1.00 e. The number of hydrogen-bond acceptors (Lipinski definition) is 2. The van der Waals surface area contributed by atoms with Crippen LogP contribution >= 0.6 is 12.4 Å². The van der Waals surface area contributed by atoms with Crippen LogP contribution in [0.3, 0.4) is 0 Å². The Bertz CT molecular complexity index is 239. The second-order valence-corrected chi connectivity index (χ2v) is 2.31. The van der Waals surface area contributed by atoms with E-state index < -0.39 is 11.4 Å². The minimum atomic E-state index is -2.61. The summed E-state index contributed by atoms with van der Waals surface area (Å²) in [6, 6.07) is 10.1. The van der Waals surface area contributed by atoms with Gasteiger partial charge in [-0.05, 0) is 12.1 Å². The van der Waals surface area contributed by atoms with E-state index in [1.54, 1.807) is 0 Å². The van der Waals surface area contributed by atoms with Crippen LogP contribution in [-0.4, -0.2) is 20.4 Å². The summed E-state index contributed by atoms with van der Waals surface area (Å²) in [5.41, 5.74) is 1.16. The predicted octanol–water partition coefficient (Wildman–Crippen LogP) is -1.05. The van der Waals surface area contributed by atoms with Crippen molar-refractivity contribution in [3.05, 3.63) is 30.3 Å². The molecule has 0 aliphatic heterocycles. The van der Waals surface area contributed by atoms with E-state index in [2.05, 4.69) is 5.32 Å². The molecule has 0 fully saturated rings. The van der Waals surface area contributed by atoms with Gasteiger partial charge in [-0.25, -0.2) is 0 Å². The first kappa shape index (κ1) is 19.9. The molecule has 1 rings (SSSR count). The van der Waals surface area contributed by atoms with Crippen molar-refractivity contribution in [2.24, 2.45) is 0 Å². The molecule has 0 unspecified atom stereocenters. The van der Waals surface area contributed by atoms with Crippen LogP contribution in [0, 0.1) is 0 Å². The first-order valence-electron chi connectivity index (χ1n) is 3.19. The second kappa shape index (κ2) is 13.4. The van der Waals surface area contributed by atoms with E-state index in [4.69, 9.17) is 13.3 Å². The largest absolute Gasteiger partial charge is 1.00 e. The molecular weight excluding hydrogens is 237 g/mol. The summed E-state index contributed by atoms with van der Waals surface area (Å²) in [4.78, 5) is 0.